The van der Waals surface area contributed by atoms with E-state index in [9.17, 15) is 4.39 Å². The Bertz CT molecular complexity index is 110. The zero-order valence-electron chi connectivity index (χ0n) is 7.08. The first kappa shape index (κ1) is 11.2. The number of unbranched alkanes of at least 4 members (excludes halogenated alkanes) is 4. The molecule has 0 N–H and O–H groups in total. The molecule has 0 spiro atoms. The monoisotopic (exact) mass is 222 g/mol. The van der Waals surface area contributed by atoms with Crippen LogP contribution >= 0.6 is 15.9 Å². The van der Waals surface area contributed by atoms with Crippen LogP contribution in [0.2, 0.25) is 0 Å². The summed E-state index contributed by atoms with van der Waals surface area (Å²) in [6.07, 6.45) is 7.41. The maximum absolute atomic E-state index is 12.5. The molecule has 0 saturated carbocycles. The Kier molecular flexibility index (Phi) is 8.36. The third-order valence-corrected chi connectivity index (χ3v) is 2.09. The molecule has 0 aliphatic heterocycles. The molecule has 0 aliphatic carbocycles. The second-order valence-corrected chi connectivity index (χ2v) is 3.19. The van der Waals surface area contributed by atoms with Gasteiger partial charge in [-0.15, -0.1) is 0 Å². The van der Waals surface area contributed by atoms with Crippen molar-refractivity contribution in [3.05, 3.63) is 11.9 Å². The summed E-state index contributed by atoms with van der Waals surface area (Å²) in [5, 5.41) is 0.362. The van der Waals surface area contributed by atoms with E-state index in [4.69, 9.17) is 0 Å². The molecule has 0 saturated heterocycles. The van der Waals surface area contributed by atoms with Crippen molar-refractivity contribution in [2.24, 2.45) is 0 Å². The Hall–Kier alpha value is 0.150. The standard InChI is InChI=1S/C9H16BrF/c1-2-3-4-5-6-7-9(11)8-10/h7H,2-6,8H2,1H3. The molecule has 2 heteroatoms. The summed E-state index contributed by atoms with van der Waals surface area (Å²) < 4.78 is 12.5. The second-order valence-electron chi connectivity index (χ2n) is 2.63. The molecule has 0 nitrogen and oxygen atoms in total. The van der Waals surface area contributed by atoms with Crippen molar-refractivity contribution in [3.63, 3.8) is 0 Å². The van der Waals surface area contributed by atoms with Crippen LogP contribution in [0, 0.1) is 0 Å². The average Bonchev–Trinajstić information content (AvgIpc) is 2.04. The van der Waals surface area contributed by atoms with Crippen molar-refractivity contribution in [2.45, 2.75) is 39.0 Å². The van der Waals surface area contributed by atoms with E-state index in [1.807, 2.05) is 0 Å². The highest BCUT2D eigenvalue weighted by Crippen LogP contribution is 2.07. The summed E-state index contributed by atoms with van der Waals surface area (Å²) in [7, 11) is 0. The molecule has 0 radical (unpaired) electrons. The van der Waals surface area contributed by atoms with E-state index >= 15 is 0 Å². The first-order chi connectivity index (χ1) is 5.31. The molecule has 0 rings (SSSR count). The van der Waals surface area contributed by atoms with Gasteiger partial charge in [-0.3, -0.25) is 0 Å². The summed E-state index contributed by atoms with van der Waals surface area (Å²) in [6, 6.07) is 0. The zero-order chi connectivity index (χ0) is 8.53. The van der Waals surface area contributed by atoms with Gasteiger partial charge >= 0.3 is 0 Å². The molecule has 66 valence electrons. The summed E-state index contributed by atoms with van der Waals surface area (Å²) >= 11 is 3.05. The van der Waals surface area contributed by atoms with Crippen molar-refractivity contribution >= 4 is 15.9 Å². The Balaban J connectivity index is 3.12. The Morgan fingerprint density at radius 1 is 1.36 bits per heavy atom. The smallest absolute Gasteiger partial charge is 0.106 e. The fraction of sp³-hybridized carbons (Fsp3) is 0.778. The van der Waals surface area contributed by atoms with Gasteiger partial charge in [0.15, 0.2) is 0 Å². The summed E-state index contributed by atoms with van der Waals surface area (Å²) in [4.78, 5) is 0. The van der Waals surface area contributed by atoms with E-state index < -0.39 is 0 Å². The highest BCUT2D eigenvalue weighted by molar-refractivity contribution is 9.09. The van der Waals surface area contributed by atoms with Crippen LogP contribution in [0.4, 0.5) is 4.39 Å². The fourth-order valence-electron chi connectivity index (χ4n) is 0.884. The van der Waals surface area contributed by atoms with Gasteiger partial charge in [0.1, 0.15) is 5.83 Å². The SMILES string of the molecule is CCCCCCC=C(F)CBr. The predicted molar refractivity (Wildman–Crippen MR) is 51.7 cm³/mol. The minimum atomic E-state index is -0.0403. The molecular weight excluding hydrogens is 207 g/mol. The van der Waals surface area contributed by atoms with Crippen molar-refractivity contribution in [2.75, 3.05) is 5.33 Å². The number of allylic oxidation sites excluding steroid dienone is 2. The van der Waals surface area contributed by atoms with Crippen molar-refractivity contribution in [1.29, 1.82) is 0 Å². The summed E-state index contributed by atoms with van der Waals surface area (Å²) in [5.74, 6) is -0.0403. The Morgan fingerprint density at radius 3 is 2.64 bits per heavy atom. The first-order valence-electron chi connectivity index (χ1n) is 4.21. The molecule has 0 atom stereocenters. The molecule has 0 fully saturated rings. The van der Waals surface area contributed by atoms with E-state index in [2.05, 4.69) is 22.9 Å². The topological polar surface area (TPSA) is 0 Å². The maximum atomic E-state index is 12.5. The fourth-order valence-corrected chi connectivity index (χ4v) is 1.11. The van der Waals surface area contributed by atoms with Gasteiger partial charge in [-0.1, -0.05) is 48.2 Å². The number of rotatable bonds is 6. The van der Waals surface area contributed by atoms with Crippen LogP contribution in [0.15, 0.2) is 11.9 Å². The van der Waals surface area contributed by atoms with E-state index in [1.165, 1.54) is 19.3 Å². The minimum absolute atomic E-state index is 0.0403. The molecular formula is C9H16BrF. The number of alkyl halides is 1. The summed E-state index contributed by atoms with van der Waals surface area (Å²) in [5.41, 5.74) is 0. The largest absolute Gasteiger partial charge is 0.211 e. The Morgan fingerprint density at radius 2 is 2.09 bits per heavy atom. The third-order valence-electron chi connectivity index (χ3n) is 1.55. The molecule has 0 unspecified atom stereocenters. The lowest BCUT2D eigenvalue weighted by molar-refractivity contribution is 0.625. The highest BCUT2D eigenvalue weighted by Gasteiger charge is 1.89. The molecule has 0 aliphatic rings. The first-order valence-corrected chi connectivity index (χ1v) is 5.34. The van der Waals surface area contributed by atoms with Crippen molar-refractivity contribution in [3.8, 4) is 0 Å². The molecule has 0 aromatic rings. The molecule has 0 amide bonds. The number of halogens is 2. The van der Waals surface area contributed by atoms with Gasteiger partial charge in [0.25, 0.3) is 0 Å². The van der Waals surface area contributed by atoms with Crippen LogP contribution in [-0.4, -0.2) is 5.33 Å². The average molecular weight is 223 g/mol. The normalized spacial score (nSPS) is 12.1. The second kappa shape index (κ2) is 8.25. The molecule has 11 heavy (non-hydrogen) atoms. The maximum Gasteiger partial charge on any atom is 0.106 e. The zero-order valence-corrected chi connectivity index (χ0v) is 8.66. The van der Waals surface area contributed by atoms with Gasteiger partial charge in [-0.2, -0.15) is 0 Å². The van der Waals surface area contributed by atoms with Crippen LogP contribution in [0.5, 0.6) is 0 Å². The lowest BCUT2D eigenvalue weighted by Crippen LogP contribution is -1.77. The Labute approximate surface area is 77.0 Å². The molecule has 0 aromatic heterocycles. The van der Waals surface area contributed by atoms with Gasteiger partial charge in [-0.25, -0.2) is 4.39 Å². The van der Waals surface area contributed by atoms with E-state index in [1.54, 1.807) is 6.08 Å². The summed E-state index contributed by atoms with van der Waals surface area (Å²) in [6.45, 7) is 2.18. The molecule has 0 aromatic carbocycles. The number of hydrogen-bond acceptors (Lipinski definition) is 0. The molecule has 0 heterocycles. The van der Waals surface area contributed by atoms with Crippen LogP contribution in [-0.2, 0) is 0 Å². The van der Waals surface area contributed by atoms with Gasteiger partial charge in [0.05, 0.1) is 5.33 Å². The minimum Gasteiger partial charge on any atom is -0.211 e. The van der Waals surface area contributed by atoms with Crippen LogP contribution in [0.1, 0.15) is 39.0 Å². The van der Waals surface area contributed by atoms with Gasteiger partial charge in [0, 0.05) is 0 Å². The highest BCUT2D eigenvalue weighted by atomic mass is 79.9. The van der Waals surface area contributed by atoms with Crippen LogP contribution in [0.3, 0.4) is 0 Å². The van der Waals surface area contributed by atoms with E-state index in [-0.39, 0.29) is 5.83 Å². The van der Waals surface area contributed by atoms with E-state index in [0.29, 0.717) is 5.33 Å². The van der Waals surface area contributed by atoms with Gasteiger partial charge in [0.2, 0.25) is 0 Å². The van der Waals surface area contributed by atoms with E-state index in [0.717, 1.165) is 12.8 Å². The quantitative estimate of drug-likeness (QED) is 0.467. The van der Waals surface area contributed by atoms with Gasteiger partial charge < -0.3 is 0 Å². The molecule has 0 bridgehead atoms. The van der Waals surface area contributed by atoms with Crippen molar-refractivity contribution < 1.29 is 4.39 Å². The van der Waals surface area contributed by atoms with Crippen LogP contribution < -0.4 is 0 Å². The van der Waals surface area contributed by atoms with Crippen LogP contribution in [0.25, 0.3) is 0 Å². The lowest BCUT2D eigenvalue weighted by Gasteiger charge is -1.94. The third kappa shape index (κ3) is 8.05. The van der Waals surface area contributed by atoms with Crippen molar-refractivity contribution in [1.82, 2.24) is 0 Å². The van der Waals surface area contributed by atoms with Gasteiger partial charge in [-0.05, 0) is 12.8 Å². The number of hydrogen-bond donors (Lipinski definition) is 0. The lowest BCUT2D eigenvalue weighted by atomic mass is 10.1. The predicted octanol–water partition coefficient (Wildman–Crippen LogP) is 4.21.